The summed E-state index contributed by atoms with van der Waals surface area (Å²) >= 11 is 0. The van der Waals surface area contributed by atoms with E-state index in [9.17, 15) is 14.7 Å². The van der Waals surface area contributed by atoms with E-state index < -0.39 is 6.09 Å². The minimum Gasteiger partial charge on any atom is -0.495 e. The van der Waals surface area contributed by atoms with Crippen molar-refractivity contribution in [3.05, 3.63) is 54.0 Å². The Morgan fingerprint density at radius 3 is 2.29 bits per heavy atom. The highest BCUT2D eigenvalue weighted by molar-refractivity contribution is 5.94. The maximum Gasteiger partial charge on any atom is 0.407 e. The molecule has 3 aromatic heterocycles. The third-order valence-corrected chi connectivity index (χ3v) is 10.1. The van der Waals surface area contributed by atoms with E-state index in [0.29, 0.717) is 36.7 Å². The van der Waals surface area contributed by atoms with E-state index in [0.717, 1.165) is 98.5 Å². The maximum atomic E-state index is 14.3. The SMILES string of the molecule is COc1ccc([C@H]2CC[C@H](CN(c3cc(-c4coc(C5CC5)n4)ccn3)C(=O)[C@H]3CC[C@H](CN(C)C(=O)O)CC3)CC2)nc1C. The van der Waals surface area contributed by atoms with Gasteiger partial charge in [-0.3, -0.25) is 14.7 Å². The van der Waals surface area contributed by atoms with E-state index in [4.69, 9.17) is 24.1 Å². The molecule has 3 aliphatic rings. The maximum absolute atomic E-state index is 14.3. The Morgan fingerprint density at radius 2 is 1.62 bits per heavy atom. The van der Waals surface area contributed by atoms with Crippen LogP contribution < -0.4 is 9.64 Å². The van der Waals surface area contributed by atoms with E-state index >= 15 is 0 Å². The third-order valence-electron chi connectivity index (χ3n) is 10.1. The third kappa shape index (κ3) is 7.31. The monoisotopic (exact) mass is 615 g/mol. The highest BCUT2D eigenvalue weighted by Gasteiger charge is 2.34. The van der Waals surface area contributed by atoms with Gasteiger partial charge in [0.25, 0.3) is 0 Å². The normalized spacial score (nSPS) is 23.4. The quantitative estimate of drug-likeness (QED) is 0.258. The van der Waals surface area contributed by atoms with Gasteiger partial charge in [0.1, 0.15) is 23.5 Å². The number of aromatic nitrogens is 3. The number of pyridine rings is 2. The molecule has 6 rings (SSSR count). The van der Waals surface area contributed by atoms with Crippen LogP contribution in [0.5, 0.6) is 5.75 Å². The largest absolute Gasteiger partial charge is 0.495 e. The van der Waals surface area contributed by atoms with Crippen molar-refractivity contribution in [2.24, 2.45) is 17.8 Å². The molecule has 2 amide bonds. The zero-order chi connectivity index (χ0) is 31.5. The number of methoxy groups -OCH3 is 1. The van der Waals surface area contributed by atoms with Crippen LogP contribution in [0.1, 0.15) is 93.3 Å². The van der Waals surface area contributed by atoms with Gasteiger partial charge in [0, 0.05) is 55.3 Å². The van der Waals surface area contributed by atoms with Crippen LogP contribution >= 0.6 is 0 Å². The molecule has 10 heteroatoms. The number of ether oxygens (including phenoxy) is 1. The number of rotatable bonds is 10. The fourth-order valence-corrected chi connectivity index (χ4v) is 7.15. The molecular weight excluding hydrogens is 570 g/mol. The summed E-state index contributed by atoms with van der Waals surface area (Å²) in [6.45, 7) is 3.13. The second kappa shape index (κ2) is 13.6. The van der Waals surface area contributed by atoms with Crippen LogP contribution in [0.15, 0.2) is 41.1 Å². The van der Waals surface area contributed by atoms with Crippen molar-refractivity contribution < 1.29 is 23.8 Å². The summed E-state index contributed by atoms with van der Waals surface area (Å²) in [6, 6.07) is 8.01. The zero-order valence-electron chi connectivity index (χ0n) is 26.7. The lowest BCUT2D eigenvalue weighted by molar-refractivity contribution is -0.123. The number of hydrogen-bond acceptors (Lipinski definition) is 7. The first kappa shape index (κ1) is 31.0. The second-order valence-corrected chi connectivity index (χ2v) is 13.3. The van der Waals surface area contributed by atoms with Crippen LogP contribution in [-0.4, -0.2) is 64.2 Å². The lowest BCUT2D eigenvalue weighted by atomic mass is 9.79. The highest BCUT2D eigenvalue weighted by Crippen LogP contribution is 2.41. The molecule has 240 valence electrons. The van der Waals surface area contributed by atoms with E-state index in [2.05, 4.69) is 6.07 Å². The zero-order valence-corrected chi connectivity index (χ0v) is 26.7. The second-order valence-electron chi connectivity index (χ2n) is 13.3. The lowest BCUT2D eigenvalue weighted by Gasteiger charge is -2.36. The van der Waals surface area contributed by atoms with E-state index in [1.807, 2.05) is 30.0 Å². The number of carbonyl (C=O) groups excluding carboxylic acids is 1. The Kier molecular flexibility index (Phi) is 9.37. The van der Waals surface area contributed by atoms with E-state index in [1.54, 1.807) is 26.6 Å². The van der Waals surface area contributed by atoms with Crippen molar-refractivity contribution in [3.8, 4) is 17.0 Å². The van der Waals surface area contributed by atoms with Gasteiger partial charge >= 0.3 is 6.09 Å². The molecule has 0 spiro atoms. The summed E-state index contributed by atoms with van der Waals surface area (Å²) in [5.41, 5.74) is 3.72. The first-order valence-corrected chi connectivity index (χ1v) is 16.5. The van der Waals surface area contributed by atoms with Gasteiger partial charge in [0.15, 0.2) is 5.89 Å². The van der Waals surface area contributed by atoms with Crippen molar-refractivity contribution in [2.45, 2.75) is 83.0 Å². The Bertz CT molecular complexity index is 1490. The molecule has 10 nitrogen and oxygen atoms in total. The van der Waals surface area contributed by atoms with Crippen LogP contribution in [0.3, 0.4) is 0 Å². The molecule has 0 aromatic carbocycles. The molecule has 0 radical (unpaired) electrons. The van der Waals surface area contributed by atoms with Crippen LogP contribution in [-0.2, 0) is 4.79 Å². The molecule has 3 heterocycles. The fourth-order valence-electron chi connectivity index (χ4n) is 7.15. The van der Waals surface area contributed by atoms with Crippen LogP contribution in [0, 0.1) is 24.7 Å². The Hall–Kier alpha value is -3.95. The number of carboxylic acid groups (broad SMARTS) is 1. The first-order valence-electron chi connectivity index (χ1n) is 16.5. The Balaban J connectivity index is 1.17. The molecule has 1 N–H and O–H groups in total. The Morgan fingerprint density at radius 1 is 0.933 bits per heavy atom. The number of carbonyl (C=O) groups is 2. The van der Waals surface area contributed by atoms with Gasteiger partial charge in [-0.05, 0) is 107 Å². The molecule has 0 bridgehead atoms. The number of oxazole rings is 1. The van der Waals surface area contributed by atoms with Crippen LogP contribution in [0.2, 0.25) is 0 Å². The summed E-state index contributed by atoms with van der Waals surface area (Å²) in [5.74, 6) is 3.77. The number of nitrogens with zero attached hydrogens (tertiary/aromatic N) is 5. The molecule has 0 atom stereocenters. The van der Waals surface area contributed by atoms with Crippen molar-refractivity contribution in [2.75, 3.05) is 32.1 Å². The van der Waals surface area contributed by atoms with Gasteiger partial charge in [0.05, 0.1) is 12.8 Å². The predicted molar refractivity (Wildman–Crippen MR) is 170 cm³/mol. The van der Waals surface area contributed by atoms with Gasteiger partial charge in [-0.25, -0.2) is 14.8 Å². The molecular formula is C35H45N5O5. The standard InChI is InChI=1S/C35H45N5O5/c1-22-31(44-3)15-14-29(37-22)25-8-4-24(5-9-25)20-40(34(41)27-10-6-23(7-11-27)19-39(2)35(42)43)32-18-28(16-17-36-32)30-21-45-33(38-30)26-12-13-26/h14-18,21,23-27H,4-13,19-20H2,1-3H3,(H,42,43)/t23-,24-,25-,27-. The average Bonchev–Trinajstić information content (AvgIpc) is 3.79. The van der Waals surface area contributed by atoms with E-state index in [1.165, 1.54) is 4.90 Å². The van der Waals surface area contributed by atoms with Crippen molar-refractivity contribution in [1.82, 2.24) is 19.9 Å². The number of amides is 2. The number of anilines is 1. The molecule has 45 heavy (non-hydrogen) atoms. The summed E-state index contributed by atoms with van der Waals surface area (Å²) in [4.78, 5) is 43.2. The molecule has 0 aliphatic heterocycles. The molecule has 3 aromatic rings. The summed E-state index contributed by atoms with van der Waals surface area (Å²) in [7, 11) is 3.29. The molecule has 0 unspecified atom stereocenters. The predicted octanol–water partition coefficient (Wildman–Crippen LogP) is 7.05. The molecule has 3 aliphatic carbocycles. The van der Waals surface area contributed by atoms with Crippen molar-refractivity contribution in [3.63, 3.8) is 0 Å². The first-order chi connectivity index (χ1) is 21.8. The van der Waals surface area contributed by atoms with Gasteiger partial charge in [-0.1, -0.05) is 0 Å². The smallest absolute Gasteiger partial charge is 0.407 e. The fraction of sp³-hybridized carbons (Fsp3) is 0.571. The average molecular weight is 616 g/mol. The minimum atomic E-state index is -0.908. The summed E-state index contributed by atoms with van der Waals surface area (Å²) < 4.78 is 11.2. The minimum absolute atomic E-state index is 0.0989. The Labute approximate surface area is 265 Å². The molecule has 3 saturated carbocycles. The molecule has 0 saturated heterocycles. The number of aryl methyl sites for hydroxylation is 1. The van der Waals surface area contributed by atoms with E-state index in [-0.39, 0.29) is 17.7 Å². The van der Waals surface area contributed by atoms with Gasteiger partial charge in [-0.15, -0.1) is 0 Å². The molecule has 3 fully saturated rings. The van der Waals surface area contributed by atoms with Gasteiger partial charge < -0.3 is 19.2 Å². The number of hydrogen-bond donors (Lipinski definition) is 1. The van der Waals surface area contributed by atoms with Crippen molar-refractivity contribution in [1.29, 1.82) is 0 Å². The van der Waals surface area contributed by atoms with Gasteiger partial charge in [-0.2, -0.15) is 0 Å². The summed E-state index contributed by atoms with van der Waals surface area (Å²) in [6.07, 6.45) is 12.1. The highest BCUT2D eigenvalue weighted by atomic mass is 16.5. The van der Waals surface area contributed by atoms with Gasteiger partial charge in [0.2, 0.25) is 5.91 Å². The lowest BCUT2D eigenvalue weighted by Crippen LogP contribution is -2.42. The summed E-state index contributed by atoms with van der Waals surface area (Å²) in [5, 5.41) is 9.30. The van der Waals surface area contributed by atoms with Crippen LogP contribution in [0.4, 0.5) is 10.6 Å². The van der Waals surface area contributed by atoms with Crippen molar-refractivity contribution >= 4 is 17.8 Å². The van der Waals surface area contributed by atoms with Crippen LogP contribution in [0.25, 0.3) is 11.3 Å². The topological polar surface area (TPSA) is 122 Å².